The van der Waals surface area contributed by atoms with Crippen LogP contribution in [0.15, 0.2) is 48.5 Å². The average molecular weight is 479 g/mol. The Kier molecular flexibility index (Phi) is 5.94. The normalized spacial score (nSPS) is 11.8. The van der Waals surface area contributed by atoms with E-state index in [0.717, 1.165) is 9.26 Å². The monoisotopic (exact) mass is 479 g/mol. The first-order valence-electron chi connectivity index (χ1n) is 8.23. The van der Waals surface area contributed by atoms with Crippen LogP contribution in [0.2, 0.25) is 0 Å². The van der Waals surface area contributed by atoms with Crippen LogP contribution in [-0.4, -0.2) is 28.6 Å². The Bertz CT molecular complexity index is 972. The molecule has 0 fully saturated rings. The molecule has 2 aromatic heterocycles. The molecule has 1 amide bonds. The molecule has 0 saturated carbocycles. The molecule has 140 valence electrons. The fourth-order valence-corrected chi connectivity index (χ4v) is 3.72. The predicted octanol–water partition coefficient (Wildman–Crippen LogP) is 3.71. The number of benzene rings is 1. The molecule has 0 bridgehead atoms. The van der Waals surface area contributed by atoms with E-state index in [2.05, 4.69) is 32.9 Å². The number of imidazole rings is 1. The summed E-state index contributed by atoms with van der Waals surface area (Å²) < 4.78 is 12.5. The molecule has 1 aromatic carbocycles. The summed E-state index contributed by atoms with van der Waals surface area (Å²) in [6, 6.07) is 14.2. The lowest BCUT2D eigenvalue weighted by atomic mass is 10.2. The minimum absolute atomic E-state index is 0.189. The summed E-state index contributed by atoms with van der Waals surface area (Å²) in [7, 11) is 1.33. The van der Waals surface area contributed by atoms with Gasteiger partial charge in [0.05, 0.1) is 18.8 Å². The van der Waals surface area contributed by atoms with Gasteiger partial charge in [0.2, 0.25) is 0 Å². The van der Waals surface area contributed by atoms with Crippen LogP contribution < -0.4 is 5.32 Å². The molecule has 1 atom stereocenters. The van der Waals surface area contributed by atoms with Crippen molar-refractivity contribution in [2.75, 3.05) is 7.11 Å². The zero-order chi connectivity index (χ0) is 19.4. The molecular formula is C19H18IN3O4. The fraction of sp³-hybridized carbons (Fsp3) is 0.211. The van der Waals surface area contributed by atoms with Gasteiger partial charge in [-0.2, -0.15) is 0 Å². The molecule has 7 nitrogen and oxygen atoms in total. The number of rotatable bonds is 5. The lowest BCUT2D eigenvalue weighted by Crippen LogP contribution is -2.28. The molecule has 0 aliphatic heterocycles. The number of amides is 1. The van der Waals surface area contributed by atoms with Gasteiger partial charge in [0.15, 0.2) is 0 Å². The van der Waals surface area contributed by atoms with Crippen molar-refractivity contribution in [3.8, 4) is 0 Å². The predicted molar refractivity (Wildman–Crippen MR) is 107 cm³/mol. The molecule has 3 aromatic rings. The molecule has 0 aliphatic rings. The van der Waals surface area contributed by atoms with E-state index in [1.165, 1.54) is 7.11 Å². The SMILES string of the molecule is COC(=O)c1cccc2nc(C(C)NC(=O)OCc3ccccc3)c(I)n12. The Morgan fingerprint density at radius 3 is 2.63 bits per heavy atom. The minimum atomic E-state index is -0.535. The summed E-state index contributed by atoms with van der Waals surface area (Å²) in [5.74, 6) is -0.453. The first kappa shape index (κ1) is 19.2. The number of alkyl carbamates (subject to hydrolysis) is 1. The number of nitrogens with zero attached hydrogens (tertiary/aromatic N) is 2. The highest BCUT2D eigenvalue weighted by molar-refractivity contribution is 14.1. The highest BCUT2D eigenvalue weighted by atomic mass is 127. The van der Waals surface area contributed by atoms with Crippen LogP contribution in [0, 0.1) is 3.70 Å². The van der Waals surface area contributed by atoms with E-state index >= 15 is 0 Å². The van der Waals surface area contributed by atoms with Crippen molar-refractivity contribution in [2.45, 2.75) is 19.6 Å². The van der Waals surface area contributed by atoms with Crippen molar-refractivity contribution in [3.63, 3.8) is 0 Å². The van der Waals surface area contributed by atoms with Gasteiger partial charge in [0.1, 0.15) is 21.6 Å². The Hall–Kier alpha value is -2.62. The first-order chi connectivity index (χ1) is 13.0. The van der Waals surface area contributed by atoms with Gasteiger partial charge in [-0.15, -0.1) is 0 Å². The second-order valence-electron chi connectivity index (χ2n) is 5.81. The van der Waals surface area contributed by atoms with Crippen LogP contribution in [0.5, 0.6) is 0 Å². The zero-order valence-corrected chi connectivity index (χ0v) is 17.0. The summed E-state index contributed by atoms with van der Waals surface area (Å²) in [6.45, 7) is 2.00. The second-order valence-corrected chi connectivity index (χ2v) is 6.83. The number of ether oxygens (including phenoxy) is 2. The highest BCUT2D eigenvalue weighted by Crippen LogP contribution is 2.23. The Labute approximate surface area is 169 Å². The van der Waals surface area contributed by atoms with Gasteiger partial charge in [-0.25, -0.2) is 14.6 Å². The summed E-state index contributed by atoms with van der Waals surface area (Å²) in [6.07, 6.45) is -0.535. The van der Waals surface area contributed by atoms with Crippen LogP contribution in [0.25, 0.3) is 5.65 Å². The number of carbonyl (C=O) groups excluding carboxylic acids is 2. The Morgan fingerprint density at radius 1 is 1.19 bits per heavy atom. The lowest BCUT2D eigenvalue weighted by molar-refractivity contribution is 0.0592. The smallest absolute Gasteiger partial charge is 0.407 e. The highest BCUT2D eigenvalue weighted by Gasteiger charge is 2.22. The van der Waals surface area contributed by atoms with Crippen molar-refractivity contribution >= 4 is 40.3 Å². The number of carbonyl (C=O) groups is 2. The number of halogens is 1. The van der Waals surface area contributed by atoms with E-state index in [-0.39, 0.29) is 6.61 Å². The van der Waals surface area contributed by atoms with Crippen molar-refractivity contribution in [2.24, 2.45) is 0 Å². The number of fused-ring (bicyclic) bond motifs is 1. The van der Waals surface area contributed by atoms with Crippen molar-refractivity contribution < 1.29 is 19.1 Å². The molecule has 2 heterocycles. The van der Waals surface area contributed by atoms with Crippen LogP contribution in [-0.2, 0) is 16.1 Å². The largest absolute Gasteiger partial charge is 0.464 e. The maximum absolute atomic E-state index is 12.1. The minimum Gasteiger partial charge on any atom is -0.464 e. The van der Waals surface area contributed by atoms with Gasteiger partial charge in [-0.05, 0) is 47.2 Å². The van der Waals surface area contributed by atoms with Gasteiger partial charge in [0.25, 0.3) is 0 Å². The third kappa shape index (κ3) is 4.21. The van der Waals surface area contributed by atoms with E-state index in [9.17, 15) is 9.59 Å². The van der Waals surface area contributed by atoms with E-state index < -0.39 is 18.1 Å². The first-order valence-corrected chi connectivity index (χ1v) is 9.31. The zero-order valence-electron chi connectivity index (χ0n) is 14.8. The van der Waals surface area contributed by atoms with Gasteiger partial charge >= 0.3 is 12.1 Å². The molecule has 1 N–H and O–H groups in total. The number of hydrogen-bond acceptors (Lipinski definition) is 5. The lowest BCUT2D eigenvalue weighted by Gasteiger charge is -2.13. The van der Waals surface area contributed by atoms with Crippen molar-refractivity contribution in [1.82, 2.24) is 14.7 Å². The fourth-order valence-electron chi connectivity index (χ4n) is 2.62. The molecule has 0 saturated heterocycles. The molecule has 1 unspecified atom stereocenters. The van der Waals surface area contributed by atoms with E-state index in [0.29, 0.717) is 17.0 Å². The van der Waals surface area contributed by atoms with Crippen LogP contribution in [0.4, 0.5) is 4.79 Å². The number of esters is 1. The topological polar surface area (TPSA) is 81.9 Å². The van der Waals surface area contributed by atoms with Crippen LogP contribution in [0.1, 0.15) is 34.7 Å². The third-order valence-electron chi connectivity index (χ3n) is 3.96. The van der Waals surface area contributed by atoms with Gasteiger partial charge in [0, 0.05) is 0 Å². The summed E-state index contributed by atoms with van der Waals surface area (Å²) in [4.78, 5) is 28.6. The average Bonchev–Trinajstić information content (AvgIpc) is 3.03. The third-order valence-corrected chi connectivity index (χ3v) is 5.00. The molecular weight excluding hydrogens is 461 g/mol. The molecule has 0 radical (unpaired) electrons. The van der Waals surface area contributed by atoms with Gasteiger partial charge < -0.3 is 14.8 Å². The van der Waals surface area contributed by atoms with E-state index in [1.807, 2.05) is 37.3 Å². The molecule has 0 aliphatic carbocycles. The van der Waals surface area contributed by atoms with Crippen LogP contribution in [0.3, 0.4) is 0 Å². The molecule has 27 heavy (non-hydrogen) atoms. The quantitative estimate of drug-likeness (QED) is 0.446. The Balaban J connectivity index is 1.75. The number of methoxy groups -OCH3 is 1. The summed E-state index contributed by atoms with van der Waals surface area (Å²) in [5, 5.41) is 2.77. The number of aromatic nitrogens is 2. The number of pyridine rings is 1. The second kappa shape index (κ2) is 8.38. The molecule has 8 heteroatoms. The Morgan fingerprint density at radius 2 is 1.93 bits per heavy atom. The van der Waals surface area contributed by atoms with Gasteiger partial charge in [-0.3, -0.25) is 4.40 Å². The number of nitrogens with one attached hydrogen (secondary N) is 1. The maximum atomic E-state index is 12.1. The number of hydrogen-bond donors (Lipinski definition) is 1. The van der Waals surface area contributed by atoms with E-state index in [1.54, 1.807) is 22.6 Å². The standard InChI is InChI=1S/C19H18IN3O4/c1-12(21-19(25)27-11-13-7-4-3-5-8-13)16-17(20)23-14(18(24)26-2)9-6-10-15(23)22-16/h3-10,12H,11H2,1-2H3,(H,21,25). The summed E-state index contributed by atoms with van der Waals surface area (Å²) in [5.41, 5.74) is 2.52. The maximum Gasteiger partial charge on any atom is 0.407 e. The van der Waals surface area contributed by atoms with E-state index in [4.69, 9.17) is 9.47 Å². The van der Waals surface area contributed by atoms with Crippen molar-refractivity contribution in [3.05, 3.63) is 69.2 Å². The van der Waals surface area contributed by atoms with Crippen molar-refractivity contribution in [1.29, 1.82) is 0 Å². The molecule has 0 spiro atoms. The van der Waals surface area contributed by atoms with Crippen LogP contribution >= 0.6 is 22.6 Å². The summed E-state index contributed by atoms with van der Waals surface area (Å²) >= 11 is 2.10. The van der Waals surface area contributed by atoms with Gasteiger partial charge in [-0.1, -0.05) is 36.4 Å². The molecule has 3 rings (SSSR count).